The van der Waals surface area contributed by atoms with Gasteiger partial charge in [-0.2, -0.15) is 0 Å². The third-order valence-electron chi connectivity index (χ3n) is 7.78. The first-order valence-electron chi connectivity index (χ1n) is 14.9. The monoisotopic (exact) mass is 586 g/mol. The number of nitrogens with one attached hydrogen (secondary N) is 1. The third kappa shape index (κ3) is 8.82. The molecule has 2 aromatic rings. The fourth-order valence-corrected chi connectivity index (χ4v) is 5.64. The molecule has 10 heteroatoms. The highest BCUT2D eigenvalue weighted by molar-refractivity contribution is 5.98. The van der Waals surface area contributed by atoms with E-state index < -0.39 is 41.2 Å². The molecule has 8 nitrogen and oxygen atoms in total. The largest absolute Gasteiger partial charge is 0.456 e. The van der Waals surface area contributed by atoms with Crippen LogP contribution in [-0.2, 0) is 16.0 Å². The number of halogens is 2. The van der Waals surface area contributed by atoms with Crippen LogP contribution in [0.15, 0.2) is 36.4 Å². The number of amides is 2. The van der Waals surface area contributed by atoms with E-state index in [1.54, 1.807) is 24.0 Å². The molecular formula is C32H44F2N4O4. The van der Waals surface area contributed by atoms with Crippen LogP contribution in [0.3, 0.4) is 0 Å². The van der Waals surface area contributed by atoms with E-state index in [1.807, 2.05) is 13.8 Å². The zero-order chi connectivity index (χ0) is 30.9. The van der Waals surface area contributed by atoms with E-state index in [-0.39, 0.29) is 24.4 Å². The van der Waals surface area contributed by atoms with Crippen LogP contribution >= 0.6 is 0 Å². The Bertz CT molecular complexity index is 1220. The number of esters is 1. The summed E-state index contributed by atoms with van der Waals surface area (Å²) in [6.07, 6.45) is 4.37. The molecule has 5 N–H and O–H groups in total. The Labute approximate surface area is 247 Å². The van der Waals surface area contributed by atoms with Gasteiger partial charge in [-0.25, -0.2) is 13.6 Å². The van der Waals surface area contributed by atoms with Gasteiger partial charge in [0.2, 0.25) is 5.91 Å². The summed E-state index contributed by atoms with van der Waals surface area (Å²) in [6, 6.07) is 7.14. The summed E-state index contributed by atoms with van der Waals surface area (Å²) < 4.78 is 33.7. The molecule has 2 atom stereocenters. The number of hydrogen-bond donors (Lipinski definition) is 3. The number of benzene rings is 2. The highest BCUT2D eigenvalue weighted by Crippen LogP contribution is 2.28. The first kappa shape index (κ1) is 33.1. The molecule has 0 heterocycles. The van der Waals surface area contributed by atoms with Crippen LogP contribution in [0.25, 0.3) is 0 Å². The summed E-state index contributed by atoms with van der Waals surface area (Å²) >= 11 is 0. The zero-order valence-electron chi connectivity index (χ0n) is 24.9. The Morgan fingerprint density at radius 2 is 1.55 bits per heavy atom. The SMILES string of the molecule is CCCN(CCC)C(=O)c1cc(C)cc(C(=O)OC(CNC2(C(N)=O)CCCCC2)C(N)Cc2cc(F)cc(F)c2)c1. The minimum absolute atomic E-state index is 0.00598. The van der Waals surface area contributed by atoms with E-state index in [1.165, 1.54) is 18.2 Å². The minimum Gasteiger partial charge on any atom is -0.456 e. The van der Waals surface area contributed by atoms with Crippen molar-refractivity contribution in [2.24, 2.45) is 11.5 Å². The molecule has 2 aromatic carbocycles. The normalized spacial score (nSPS) is 16.0. The van der Waals surface area contributed by atoms with Crippen LogP contribution < -0.4 is 16.8 Å². The van der Waals surface area contributed by atoms with Gasteiger partial charge in [-0.1, -0.05) is 33.1 Å². The second-order valence-corrected chi connectivity index (χ2v) is 11.4. The molecule has 3 rings (SSSR count). The molecular weight excluding hydrogens is 542 g/mol. The van der Waals surface area contributed by atoms with Crippen LogP contribution in [0.4, 0.5) is 8.78 Å². The van der Waals surface area contributed by atoms with Gasteiger partial charge < -0.3 is 21.1 Å². The summed E-state index contributed by atoms with van der Waals surface area (Å²) in [4.78, 5) is 41.0. The van der Waals surface area contributed by atoms with Gasteiger partial charge in [0.15, 0.2) is 0 Å². The average molecular weight is 587 g/mol. The number of rotatable bonds is 14. The van der Waals surface area contributed by atoms with E-state index in [4.69, 9.17) is 16.2 Å². The number of nitrogens with zero attached hydrogens (tertiary/aromatic N) is 1. The lowest BCUT2D eigenvalue weighted by Gasteiger charge is -2.37. The van der Waals surface area contributed by atoms with E-state index in [0.717, 1.165) is 38.2 Å². The summed E-state index contributed by atoms with van der Waals surface area (Å²) in [7, 11) is 0. The Kier molecular flexibility index (Phi) is 12.0. The fraction of sp³-hybridized carbons (Fsp3) is 0.531. The Morgan fingerprint density at radius 1 is 0.952 bits per heavy atom. The summed E-state index contributed by atoms with van der Waals surface area (Å²) in [6.45, 7) is 7.00. The van der Waals surface area contributed by atoms with Gasteiger partial charge in [-0.15, -0.1) is 0 Å². The Balaban J connectivity index is 1.87. The van der Waals surface area contributed by atoms with Gasteiger partial charge in [-0.05, 0) is 80.5 Å². The van der Waals surface area contributed by atoms with Crippen LogP contribution in [-0.4, -0.2) is 60.0 Å². The summed E-state index contributed by atoms with van der Waals surface area (Å²) in [5.74, 6) is -2.83. The fourth-order valence-electron chi connectivity index (χ4n) is 5.64. The molecule has 1 aliphatic carbocycles. The third-order valence-corrected chi connectivity index (χ3v) is 7.78. The van der Waals surface area contributed by atoms with Crippen LogP contribution in [0.5, 0.6) is 0 Å². The maximum Gasteiger partial charge on any atom is 0.338 e. The molecule has 2 unspecified atom stereocenters. The molecule has 0 spiro atoms. The smallest absolute Gasteiger partial charge is 0.338 e. The minimum atomic E-state index is -0.974. The van der Waals surface area contributed by atoms with E-state index >= 15 is 0 Å². The highest BCUT2D eigenvalue weighted by Gasteiger charge is 2.39. The van der Waals surface area contributed by atoms with Crippen molar-refractivity contribution in [3.63, 3.8) is 0 Å². The van der Waals surface area contributed by atoms with Crippen molar-refractivity contribution in [1.82, 2.24) is 10.2 Å². The molecule has 230 valence electrons. The maximum absolute atomic E-state index is 13.9. The van der Waals surface area contributed by atoms with Crippen LogP contribution in [0.2, 0.25) is 0 Å². The van der Waals surface area contributed by atoms with E-state index in [0.29, 0.717) is 42.6 Å². The molecule has 0 radical (unpaired) electrons. The molecule has 1 saturated carbocycles. The molecule has 42 heavy (non-hydrogen) atoms. The van der Waals surface area contributed by atoms with Crippen molar-refractivity contribution < 1.29 is 27.9 Å². The Morgan fingerprint density at radius 3 is 2.12 bits per heavy atom. The number of hydrogen-bond acceptors (Lipinski definition) is 6. The average Bonchev–Trinajstić information content (AvgIpc) is 2.94. The van der Waals surface area contributed by atoms with Gasteiger partial charge in [0.25, 0.3) is 5.91 Å². The van der Waals surface area contributed by atoms with Crippen molar-refractivity contribution in [3.8, 4) is 0 Å². The molecule has 0 bridgehead atoms. The van der Waals surface area contributed by atoms with Gasteiger partial charge >= 0.3 is 5.97 Å². The standard InChI is InChI=1S/C32H44F2N4O4/c1-4-11-38(12-5-2)29(39)23-13-21(3)14-24(18-23)30(40)42-28(20-37-32(31(36)41)9-7-6-8-10-32)27(35)17-22-15-25(33)19-26(34)16-22/h13-16,18-19,27-28,37H,4-12,17,20,35H2,1-3H3,(H2,36,41). The van der Waals surface area contributed by atoms with Gasteiger partial charge in [0, 0.05) is 37.3 Å². The number of primary amides is 1. The number of nitrogens with two attached hydrogens (primary N) is 2. The van der Waals surface area contributed by atoms with Crippen LogP contribution in [0, 0.1) is 18.6 Å². The van der Waals surface area contributed by atoms with Gasteiger partial charge in [0.1, 0.15) is 17.7 Å². The van der Waals surface area contributed by atoms with Crippen molar-refractivity contribution in [2.45, 2.75) is 89.8 Å². The quantitative estimate of drug-likeness (QED) is 0.282. The van der Waals surface area contributed by atoms with Gasteiger partial charge in [0.05, 0.1) is 11.1 Å². The molecule has 0 aromatic heterocycles. The predicted molar refractivity (Wildman–Crippen MR) is 158 cm³/mol. The lowest BCUT2D eigenvalue weighted by atomic mass is 9.81. The molecule has 1 fully saturated rings. The van der Waals surface area contributed by atoms with Crippen LogP contribution in [0.1, 0.15) is 90.6 Å². The maximum atomic E-state index is 13.9. The second kappa shape index (κ2) is 15.2. The summed E-state index contributed by atoms with van der Waals surface area (Å²) in [5, 5.41) is 3.22. The summed E-state index contributed by atoms with van der Waals surface area (Å²) in [5.41, 5.74) is 12.9. The Hall–Kier alpha value is -3.37. The number of carbonyl (C=O) groups is 3. The first-order chi connectivity index (χ1) is 20.0. The molecule has 2 amide bonds. The van der Waals surface area contributed by atoms with E-state index in [9.17, 15) is 23.2 Å². The van der Waals surface area contributed by atoms with Crippen molar-refractivity contribution in [2.75, 3.05) is 19.6 Å². The lowest BCUT2D eigenvalue weighted by Crippen LogP contribution is -2.60. The first-order valence-corrected chi connectivity index (χ1v) is 14.9. The van der Waals surface area contributed by atoms with Crippen molar-refractivity contribution in [3.05, 3.63) is 70.3 Å². The molecule has 0 saturated heterocycles. The van der Waals surface area contributed by atoms with E-state index in [2.05, 4.69) is 5.32 Å². The zero-order valence-corrected chi connectivity index (χ0v) is 24.9. The number of aryl methyl sites for hydroxylation is 1. The lowest BCUT2D eigenvalue weighted by molar-refractivity contribution is -0.126. The molecule has 0 aliphatic heterocycles. The number of carbonyl (C=O) groups excluding carboxylic acids is 3. The highest BCUT2D eigenvalue weighted by atomic mass is 19.1. The molecule has 1 aliphatic rings. The predicted octanol–water partition coefficient (Wildman–Crippen LogP) is 4.41. The van der Waals surface area contributed by atoms with Crippen molar-refractivity contribution >= 4 is 17.8 Å². The second-order valence-electron chi connectivity index (χ2n) is 11.4. The topological polar surface area (TPSA) is 128 Å². The van der Waals surface area contributed by atoms with Gasteiger partial charge in [-0.3, -0.25) is 14.9 Å². The van der Waals surface area contributed by atoms with Crippen molar-refractivity contribution in [1.29, 1.82) is 0 Å². The number of ether oxygens (including phenoxy) is 1.